The molecule has 0 aliphatic carbocycles. The van der Waals surface area contributed by atoms with Crippen LogP contribution in [0.2, 0.25) is 0 Å². The average Bonchev–Trinajstić information content (AvgIpc) is 3.26. The van der Waals surface area contributed by atoms with Gasteiger partial charge < -0.3 is 25.2 Å². The average molecular weight is 431 g/mol. The zero-order valence-electron chi connectivity index (χ0n) is 17.7. The topological polar surface area (TPSA) is 65.0 Å². The van der Waals surface area contributed by atoms with E-state index >= 15 is 0 Å². The van der Waals surface area contributed by atoms with E-state index in [2.05, 4.69) is 20.6 Å². The van der Waals surface area contributed by atoms with Gasteiger partial charge in [-0.3, -0.25) is 4.99 Å². The summed E-state index contributed by atoms with van der Waals surface area (Å²) < 4.78 is 33.9. The fourth-order valence-corrected chi connectivity index (χ4v) is 3.98. The van der Waals surface area contributed by atoms with E-state index in [1.165, 1.54) is 6.07 Å². The lowest BCUT2D eigenvalue weighted by atomic mass is 10.1. The van der Waals surface area contributed by atoms with Gasteiger partial charge in [0.15, 0.2) is 17.6 Å². The molecule has 0 bridgehead atoms. The summed E-state index contributed by atoms with van der Waals surface area (Å²) in [5, 5.41) is 6.60. The van der Waals surface area contributed by atoms with Gasteiger partial charge in [-0.15, -0.1) is 0 Å². The number of anilines is 2. The van der Waals surface area contributed by atoms with Crippen molar-refractivity contribution in [3.8, 4) is 0 Å². The summed E-state index contributed by atoms with van der Waals surface area (Å²) in [4.78, 5) is 12.4. The van der Waals surface area contributed by atoms with Crippen LogP contribution in [0, 0.1) is 11.6 Å². The van der Waals surface area contributed by atoms with Crippen LogP contribution in [-0.4, -0.2) is 63.4 Å². The number of nitrogens with zero attached hydrogens (tertiary/aromatic N) is 4. The number of hydrogen-bond acceptors (Lipinski definition) is 5. The molecule has 1 aromatic heterocycles. The molecule has 0 saturated carbocycles. The SMILES string of the molecule is CN=C(NCc1ccc(N2CCOCC2)c(F)c1)NC1CCN(c2ncccc2F)C1. The van der Waals surface area contributed by atoms with Crippen LogP contribution in [0.5, 0.6) is 0 Å². The van der Waals surface area contributed by atoms with Gasteiger partial charge >= 0.3 is 0 Å². The number of halogens is 2. The Balaban J connectivity index is 1.30. The molecule has 2 fully saturated rings. The van der Waals surface area contributed by atoms with Crippen molar-refractivity contribution < 1.29 is 13.5 Å². The van der Waals surface area contributed by atoms with Crippen LogP contribution in [0.25, 0.3) is 0 Å². The molecule has 2 N–H and O–H groups in total. The Kier molecular flexibility index (Phi) is 6.81. The number of aliphatic imine (C=N–C) groups is 1. The zero-order chi connectivity index (χ0) is 21.6. The van der Waals surface area contributed by atoms with Crippen LogP contribution in [-0.2, 0) is 11.3 Å². The lowest BCUT2D eigenvalue weighted by Gasteiger charge is -2.29. The number of hydrogen-bond donors (Lipinski definition) is 2. The lowest BCUT2D eigenvalue weighted by Crippen LogP contribution is -2.44. The largest absolute Gasteiger partial charge is 0.378 e. The van der Waals surface area contributed by atoms with Crippen LogP contribution in [0.4, 0.5) is 20.3 Å². The number of morpholine rings is 1. The molecule has 1 atom stereocenters. The lowest BCUT2D eigenvalue weighted by molar-refractivity contribution is 0.122. The van der Waals surface area contributed by atoms with Crippen molar-refractivity contribution in [2.45, 2.75) is 19.0 Å². The summed E-state index contributed by atoms with van der Waals surface area (Å²) in [6.45, 7) is 4.45. The first-order valence-electron chi connectivity index (χ1n) is 10.6. The molecule has 0 radical (unpaired) electrons. The van der Waals surface area contributed by atoms with Crippen molar-refractivity contribution >= 4 is 17.5 Å². The van der Waals surface area contributed by atoms with Gasteiger partial charge in [0.25, 0.3) is 0 Å². The summed E-state index contributed by atoms with van der Waals surface area (Å²) in [5.41, 5.74) is 1.45. The standard InChI is InChI=1S/C22H28F2N6O/c1-25-22(28-17-6-8-30(15-17)21-18(23)3-2-7-26-21)27-14-16-4-5-20(19(24)13-16)29-9-11-31-12-10-29/h2-5,7,13,17H,6,8-12,14-15H2,1H3,(H2,25,27,28). The summed E-state index contributed by atoms with van der Waals surface area (Å²) in [7, 11) is 1.70. The molecular formula is C22H28F2N6O. The first kappa shape index (κ1) is 21.3. The Labute approximate surface area is 181 Å². The summed E-state index contributed by atoms with van der Waals surface area (Å²) in [6.07, 6.45) is 2.45. The number of ether oxygens (including phenoxy) is 1. The van der Waals surface area contributed by atoms with Crippen molar-refractivity contribution in [1.29, 1.82) is 0 Å². The minimum Gasteiger partial charge on any atom is -0.378 e. The molecule has 2 aliphatic heterocycles. The van der Waals surface area contributed by atoms with E-state index in [-0.39, 0.29) is 17.7 Å². The molecule has 31 heavy (non-hydrogen) atoms. The van der Waals surface area contributed by atoms with Crippen molar-refractivity contribution in [3.63, 3.8) is 0 Å². The highest BCUT2D eigenvalue weighted by atomic mass is 19.1. The van der Waals surface area contributed by atoms with E-state index in [1.54, 1.807) is 25.4 Å². The maximum Gasteiger partial charge on any atom is 0.191 e. The van der Waals surface area contributed by atoms with Gasteiger partial charge in [0.05, 0.1) is 18.9 Å². The van der Waals surface area contributed by atoms with Crippen LogP contribution in [0.1, 0.15) is 12.0 Å². The summed E-state index contributed by atoms with van der Waals surface area (Å²) in [6, 6.07) is 8.44. The monoisotopic (exact) mass is 430 g/mol. The molecule has 2 aromatic rings. The van der Waals surface area contributed by atoms with Gasteiger partial charge in [0, 0.05) is 52.0 Å². The number of pyridine rings is 1. The molecular weight excluding hydrogens is 402 g/mol. The second kappa shape index (κ2) is 9.91. The molecule has 1 unspecified atom stereocenters. The fraction of sp³-hybridized carbons (Fsp3) is 0.455. The second-order valence-electron chi connectivity index (χ2n) is 7.70. The van der Waals surface area contributed by atoms with Crippen molar-refractivity contribution in [1.82, 2.24) is 15.6 Å². The van der Waals surface area contributed by atoms with Gasteiger partial charge in [0.2, 0.25) is 0 Å². The molecule has 7 nitrogen and oxygen atoms in total. The predicted molar refractivity (Wildman–Crippen MR) is 118 cm³/mol. The van der Waals surface area contributed by atoms with Crippen LogP contribution < -0.4 is 20.4 Å². The second-order valence-corrected chi connectivity index (χ2v) is 7.70. The summed E-state index contributed by atoms with van der Waals surface area (Å²) >= 11 is 0. The van der Waals surface area contributed by atoms with E-state index in [0.29, 0.717) is 56.9 Å². The number of aromatic nitrogens is 1. The van der Waals surface area contributed by atoms with Gasteiger partial charge in [-0.2, -0.15) is 0 Å². The van der Waals surface area contributed by atoms with Gasteiger partial charge in [-0.25, -0.2) is 13.8 Å². The predicted octanol–water partition coefficient (Wildman–Crippen LogP) is 2.14. The highest BCUT2D eigenvalue weighted by Gasteiger charge is 2.26. The van der Waals surface area contributed by atoms with Crippen molar-refractivity contribution in [2.75, 3.05) is 56.2 Å². The molecule has 2 saturated heterocycles. The molecule has 166 valence electrons. The number of guanidine groups is 1. The summed E-state index contributed by atoms with van der Waals surface area (Å²) in [5.74, 6) is 0.470. The molecule has 1 aromatic carbocycles. The molecule has 0 amide bonds. The number of benzene rings is 1. The van der Waals surface area contributed by atoms with Crippen LogP contribution in [0.3, 0.4) is 0 Å². The van der Waals surface area contributed by atoms with E-state index < -0.39 is 0 Å². The molecule has 2 aliphatic rings. The Morgan fingerprint density at radius 2 is 2.00 bits per heavy atom. The van der Waals surface area contributed by atoms with Gasteiger partial charge in [0.1, 0.15) is 5.82 Å². The molecule has 3 heterocycles. The van der Waals surface area contributed by atoms with Gasteiger partial charge in [-0.05, 0) is 36.2 Å². The van der Waals surface area contributed by atoms with Crippen LogP contribution in [0.15, 0.2) is 41.5 Å². The Morgan fingerprint density at radius 1 is 1.16 bits per heavy atom. The third-order valence-corrected chi connectivity index (χ3v) is 5.62. The third-order valence-electron chi connectivity index (χ3n) is 5.62. The molecule has 0 spiro atoms. The minimum atomic E-state index is -0.312. The normalized spacial score (nSPS) is 19.6. The van der Waals surface area contributed by atoms with E-state index in [4.69, 9.17) is 4.74 Å². The third kappa shape index (κ3) is 5.22. The quantitative estimate of drug-likeness (QED) is 0.560. The van der Waals surface area contributed by atoms with E-state index in [9.17, 15) is 8.78 Å². The maximum atomic E-state index is 14.6. The molecule has 9 heteroatoms. The maximum absolute atomic E-state index is 14.6. The van der Waals surface area contributed by atoms with E-state index in [0.717, 1.165) is 18.5 Å². The fourth-order valence-electron chi connectivity index (χ4n) is 3.98. The van der Waals surface area contributed by atoms with E-state index in [1.807, 2.05) is 21.9 Å². The highest BCUT2D eigenvalue weighted by molar-refractivity contribution is 5.80. The Hall–Kier alpha value is -2.94. The number of nitrogens with one attached hydrogen (secondary N) is 2. The Bertz CT molecular complexity index is 919. The number of rotatable bonds is 5. The highest BCUT2D eigenvalue weighted by Crippen LogP contribution is 2.22. The molecule has 4 rings (SSSR count). The first-order valence-corrected chi connectivity index (χ1v) is 10.6. The smallest absolute Gasteiger partial charge is 0.191 e. The van der Waals surface area contributed by atoms with Crippen molar-refractivity contribution in [3.05, 3.63) is 53.7 Å². The Morgan fingerprint density at radius 3 is 2.74 bits per heavy atom. The van der Waals surface area contributed by atoms with Gasteiger partial charge in [-0.1, -0.05) is 6.07 Å². The van der Waals surface area contributed by atoms with Crippen molar-refractivity contribution in [2.24, 2.45) is 4.99 Å². The van der Waals surface area contributed by atoms with Crippen LogP contribution >= 0.6 is 0 Å². The first-order chi connectivity index (χ1) is 15.1. The zero-order valence-corrected chi connectivity index (χ0v) is 17.7. The minimum absolute atomic E-state index is 0.119.